The van der Waals surface area contributed by atoms with Crippen molar-refractivity contribution in [2.24, 2.45) is 23.2 Å². The lowest BCUT2D eigenvalue weighted by Gasteiger charge is -2.53. The Kier molecular flexibility index (Phi) is 8.34. The fourth-order valence-electron chi connectivity index (χ4n) is 7.84. The predicted octanol–water partition coefficient (Wildman–Crippen LogP) is 8.68. The summed E-state index contributed by atoms with van der Waals surface area (Å²) in [4.78, 5) is 0. The van der Waals surface area contributed by atoms with Crippen LogP contribution in [0, 0.1) is 23.2 Å². The quantitative estimate of drug-likeness (QED) is 0.163. The Morgan fingerprint density at radius 1 is 1.02 bits per heavy atom. The standard InChI is InChI=1S/C32H47F5O3S/c1-30-17-15-26-25-12-11-24(38)21-23(25)20-22(29(26)27(30)13-14-28(30)39)10-7-5-3-2-4-6-8-18-41(40)19-9-16-31(33,34)32(35,36)37/h11-12,21-22,26-29,38-39H,2-10,13-20H2,1H3/t22-,26?,27?,28+,29?,30+,41?/m1/s1/i9D2,16D2,19D2. The van der Waals surface area contributed by atoms with Crippen molar-refractivity contribution in [1.29, 1.82) is 0 Å². The number of hydrogen-bond donors (Lipinski definition) is 2. The van der Waals surface area contributed by atoms with Crippen LogP contribution in [0.4, 0.5) is 22.0 Å². The van der Waals surface area contributed by atoms with Crippen molar-refractivity contribution in [2.45, 2.75) is 127 Å². The first kappa shape index (κ1) is 25.1. The minimum atomic E-state index is -6.47. The molecule has 0 heterocycles. The van der Waals surface area contributed by atoms with Crippen LogP contribution in [0.2, 0.25) is 0 Å². The van der Waals surface area contributed by atoms with Crippen LogP contribution in [0.3, 0.4) is 0 Å². The zero-order valence-corrected chi connectivity index (χ0v) is 24.4. The molecule has 7 atom stereocenters. The summed E-state index contributed by atoms with van der Waals surface area (Å²) >= 11 is 0. The maximum Gasteiger partial charge on any atom is 0.453 e. The van der Waals surface area contributed by atoms with Crippen LogP contribution in [-0.2, 0) is 17.2 Å². The summed E-state index contributed by atoms with van der Waals surface area (Å²) in [6, 6.07) is 5.76. The topological polar surface area (TPSA) is 57.5 Å². The van der Waals surface area contributed by atoms with E-state index in [1.165, 1.54) is 11.1 Å². The summed E-state index contributed by atoms with van der Waals surface area (Å²) in [7, 11) is -2.86. The third-order valence-corrected chi connectivity index (χ3v) is 11.0. The van der Waals surface area contributed by atoms with Crippen molar-refractivity contribution in [3.8, 4) is 5.75 Å². The van der Waals surface area contributed by atoms with Gasteiger partial charge < -0.3 is 10.2 Å². The molecule has 9 heteroatoms. The van der Waals surface area contributed by atoms with Crippen molar-refractivity contribution in [3.63, 3.8) is 0 Å². The van der Waals surface area contributed by atoms with Gasteiger partial charge in [0.25, 0.3) is 0 Å². The fourth-order valence-corrected chi connectivity index (χ4v) is 8.57. The van der Waals surface area contributed by atoms with E-state index in [1.807, 2.05) is 6.07 Å². The van der Waals surface area contributed by atoms with Gasteiger partial charge in [-0.15, -0.1) is 0 Å². The minimum Gasteiger partial charge on any atom is -0.508 e. The van der Waals surface area contributed by atoms with Gasteiger partial charge in [0.05, 0.1) is 6.10 Å². The van der Waals surface area contributed by atoms with Crippen LogP contribution in [0.1, 0.15) is 122 Å². The largest absolute Gasteiger partial charge is 0.508 e. The molecule has 3 aliphatic carbocycles. The zero-order valence-electron chi connectivity index (χ0n) is 29.6. The molecule has 0 bridgehead atoms. The number of phenols is 1. The highest BCUT2D eigenvalue weighted by Crippen LogP contribution is 2.62. The molecule has 4 unspecified atom stereocenters. The van der Waals surface area contributed by atoms with Gasteiger partial charge in [0.2, 0.25) is 0 Å². The van der Waals surface area contributed by atoms with Crippen molar-refractivity contribution >= 4 is 10.8 Å². The first-order chi connectivity index (χ1) is 21.6. The number of benzene rings is 1. The van der Waals surface area contributed by atoms with Crippen LogP contribution in [0.5, 0.6) is 5.75 Å². The zero-order chi connectivity index (χ0) is 35.2. The molecule has 0 aromatic heterocycles. The highest BCUT2D eigenvalue weighted by molar-refractivity contribution is 7.84. The maximum atomic E-state index is 13.8. The number of aliphatic hydroxyl groups is 1. The van der Waals surface area contributed by atoms with E-state index in [4.69, 9.17) is 8.22 Å². The van der Waals surface area contributed by atoms with Crippen molar-refractivity contribution < 1.29 is 44.6 Å². The Morgan fingerprint density at radius 3 is 2.41 bits per heavy atom. The molecule has 0 saturated heterocycles. The molecule has 0 radical (unpaired) electrons. The van der Waals surface area contributed by atoms with Crippen molar-refractivity contribution in [3.05, 3.63) is 29.3 Å². The summed E-state index contributed by atoms with van der Waals surface area (Å²) in [5.41, 5.74) is -1.29. The number of fused-ring (bicyclic) bond motifs is 5. The van der Waals surface area contributed by atoms with Gasteiger partial charge in [-0.1, -0.05) is 51.5 Å². The van der Waals surface area contributed by atoms with E-state index in [2.05, 4.69) is 13.0 Å². The lowest BCUT2D eigenvalue weighted by molar-refractivity contribution is -0.284. The second-order valence-corrected chi connectivity index (χ2v) is 13.8. The number of unbranched alkanes of at least 4 members (excludes halogenated alkanes) is 6. The van der Waals surface area contributed by atoms with Gasteiger partial charge >= 0.3 is 12.1 Å². The third-order valence-electron chi connectivity index (χ3n) is 9.98. The monoisotopic (exact) mass is 612 g/mol. The van der Waals surface area contributed by atoms with Gasteiger partial charge in [0.1, 0.15) is 5.75 Å². The summed E-state index contributed by atoms with van der Waals surface area (Å²) in [5, 5.41) is 21.0. The predicted molar refractivity (Wildman–Crippen MR) is 153 cm³/mol. The SMILES string of the molecule is [2H]C([2H])(S(=O)CCCCCCCCC[C@@H]1Cc2cc(O)ccc2C2CC[C@@]3(C)C(CC[C@@H]3O)C21)C([2H])([2H])C([2H])([2H])C(F)(F)C(F)(F)F. The first-order valence-corrected chi connectivity index (χ1v) is 16.3. The average molecular weight is 613 g/mol. The van der Waals surface area contributed by atoms with Gasteiger partial charge in [-0.2, -0.15) is 22.0 Å². The highest BCUT2D eigenvalue weighted by Gasteiger charge is 2.57. The molecule has 0 spiro atoms. The number of hydrogen-bond acceptors (Lipinski definition) is 3. The Labute approximate surface area is 252 Å². The molecule has 234 valence electrons. The molecule has 0 aliphatic heterocycles. The number of halogens is 5. The molecular formula is C32H47F5O3S. The van der Waals surface area contributed by atoms with E-state index in [0.717, 1.165) is 64.2 Å². The molecule has 41 heavy (non-hydrogen) atoms. The number of aromatic hydroxyl groups is 1. The van der Waals surface area contributed by atoms with Crippen LogP contribution < -0.4 is 0 Å². The summed E-state index contributed by atoms with van der Waals surface area (Å²) in [6.07, 6.45) is -5.30. The van der Waals surface area contributed by atoms with Gasteiger partial charge in [0.15, 0.2) is 0 Å². The number of phenolic OH excluding ortho intramolecular Hbond substituents is 1. The molecule has 3 nitrogen and oxygen atoms in total. The normalized spacial score (nSPS) is 33.7. The third kappa shape index (κ3) is 7.66. The molecule has 2 saturated carbocycles. The maximum absolute atomic E-state index is 13.8. The van der Waals surface area contributed by atoms with Crippen LogP contribution in [0.25, 0.3) is 0 Å². The number of alkyl halides is 5. The van der Waals surface area contributed by atoms with Crippen LogP contribution >= 0.6 is 0 Å². The van der Waals surface area contributed by atoms with Gasteiger partial charge in [-0.3, -0.25) is 4.21 Å². The van der Waals surface area contributed by atoms with Gasteiger partial charge in [-0.25, -0.2) is 0 Å². The second-order valence-electron chi connectivity index (χ2n) is 12.5. The average Bonchev–Trinajstić information content (AvgIpc) is 3.28. The van der Waals surface area contributed by atoms with Crippen molar-refractivity contribution in [1.82, 2.24) is 0 Å². The molecule has 1 aromatic carbocycles. The summed E-state index contributed by atoms with van der Waals surface area (Å²) < 4.78 is 123. The Bertz CT molecular complexity index is 1280. The highest BCUT2D eigenvalue weighted by atomic mass is 32.2. The number of aliphatic hydroxyl groups excluding tert-OH is 1. The van der Waals surface area contributed by atoms with E-state index in [0.29, 0.717) is 36.5 Å². The van der Waals surface area contributed by atoms with E-state index >= 15 is 0 Å². The molecule has 2 fully saturated rings. The molecule has 4 rings (SSSR count). The van der Waals surface area contributed by atoms with Crippen LogP contribution in [0.15, 0.2) is 18.2 Å². The van der Waals surface area contributed by atoms with Crippen molar-refractivity contribution in [2.75, 3.05) is 11.5 Å². The summed E-state index contributed by atoms with van der Waals surface area (Å²) in [6.45, 7) is 2.25. The van der Waals surface area contributed by atoms with Crippen LogP contribution in [-0.4, -0.2) is 44.1 Å². The smallest absolute Gasteiger partial charge is 0.453 e. The Balaban J connectivity index is 1.23. The lowest BCUT2D eigenvalue weighted by Crippen LogP contribution is -2.47. The van der Waals surface area contributed by atoms with Gasteiger partial charge in [-0.05, 0) is 104 Å². The second kappa shape index (κ2) is 13.6. The first-order valence-electron chi connectivity index (χ1n) is 17.9. The molecular weight excluding hydrogens is 559 g/mol. The van der Waals surface area contributed by atoms with E-state index in [1.54, 1.807) is 6.07 Å². The molecule has 1 aromatic rings. The molecule has 2 N–H and O–H groups in total. The van der Waals surface area contributed by atoms with E-state index in [9.17, 15) is 36.4 Å². The minimum absolute atomic E-state index is 0.0559. The van der Waals surface area contributed by atoms with Gasteiger partial charge in [0, 0.05) is 36.9 Å². The Morgan fingerprint density at radius 2 is 1.71 bits per heavy atom. The fraction of sp³-hybridized carbons (Fsp3) is 0.812. The molecule has 0 amide bonds. The Hall–Kier alpha value is -1.22. The van der Waals surface area contributed by atoms with E-state index < -0.39 is 47.1 Å². The molecule has 3 aliphatic rings. The van der Waals surface area contributed by atoms with E-state index in [-0.39, 0.29) is 23.7 Å². The summed E-state index contributed by atoms with van der Waals surface area (Å²) in [5.74, 6) is -4.59. The lowest BCUT2D eigenvalue weighted by atomic mass is 9.52. The number of rotatable bonds is 14.